The van der Waals surface area contributed by atoms with E-state index >= 15 is 0 Å². The van der Waals surface area contributed by atoms with Crippen LogP contribution in [-0.4, -0.2) is 67.0 Å². The van der Waals surface area contributed by atoms with Gasteiger partial charge in [-0.05, 0) is 45.4 Å². The van der Waals surface area contributed by atoms with E-state index in [-0.39, 0.29) is 22.8 Å². The van der Waals surface area contributed by atoms with Crippen LogP contribution < -0.4 is 9.64 Å². The summed E-state index contributed by atoms with van der Waals surface area (Å²) in [7, 11) is -3.50. The summed E-state index contributed by atoms with van der Waals surface area (Å²) < 4.78 is 49.8. The van der Waals surface area contributed by atoms with Crippen molar-refractivity contribution in [2.24, 2.45) is 0 Å². The maximum atomic E-state index is 14.8. The number of anilines is 2. The molecule has 34 heavy (non-hydrogen) atoms. The summed E-state index contributed by atoms with van der Waals surface area (Å²) in [5.41, 5.74) is 0.493. The second-order valence-electron chi connectivity index (χ2n) is 9.55. The molecule has 1 saturated heterocycles. The zero-order valence-corrected chi connectivity index (χ0v) is 20.6. The van der Waals surface area contributed by atoms with Gasteiger partial charge < -0.3 is 19.3 Å². The standard InChI is InChI=1S/C23H29FN4O5S/c1-23(2,3)33-22(29)27-10-7-15(8-11-27)32-21-17-9-12-28(20(17)25-14-26-21)19-6-5-16(13-18(19)24)34(4,30)31/h5-6,13-15H,7-12H2,1-4H3. The van der Waals surface area contributed by atoms with Crippen LogP contribution in [0.5, 0.6) is 5.88 Å². The van der Waals surface area contributed by atoms with Crippen molar-refractivity contribution in [3.8, 4) is 5.88 Å². The number of rotatable bonds is 4. The molecule has 1 fully saturated rings. The smallest absolute Gasteiger partial charge is 0.410 e. The van der Waals surface area contributed by atoms with Gasteiger partial charge >= 0.3 is 6.09 Å². The molecule has 11 heteroatoms. The normalized spacial score (nSPS) is 17.0. The van der Waals surface area contributed by atoms with Gasteiger partial charge in [0.1, 0.15) is 29.7 Å². The Labute approximate surface area is 198 Å². The molecule has 0 unspecified atom stereocenters. The van der Waals surface area contributed by atoms with Crippen molar-refractivity contribution in [1.29, 1.82) is 0 Å². The molecule has 0 N–H and O–H groups in total. The average molecular weight is 493 g/mol. The van der Waals surface area contributed by atoms with Gasteiger partial charge in [0, 0.05) is 38.7 Å². The number of nitrogens with zero attached hydrogens (tertiary/aromatic N) is 4. The zero-order valence-electron chi connectivity index (χ0n) is 19.7. The van der Waals surface area contributed by atoms with Gasteiger partial charge in [-0.3, -0.25) is 0 Å². The number of carbonyl (C=O) groups excluding carboxylic acids is 1. The van der Waals surface area contributed by atoms with Crippen LogP contribution in [0.2, 0.25) is 0 Å². The van der Waals surface area contributed by atoms with E-state index in [0.29, 0.717) is 50.6 Å². The van der Waals surface area contributed by atoms with Gasteiger partial charge in [-0.15, -0.1) is 0 Å². The summed E-state index contributed by atoms with van der Waals surface area (Å²) in [5.74, 6) is 0.366. The zero-order chi connectivity index (χ0) is 24.7. The van der Waals surface area contributed by atoms with Crippen molar-refractivity contribution in [3.05, 3.63) is 35.9 Å². The van der Waals surface area contributed by atoms with E-state index in [9.17, 15) is 17.6 Å². The summed E-state index contributed by atoms with van der Waals surface area (Å²) in [6, 6.07) is 3.87. The highest BCUT2D eigenvalue weighted by atomic mass is 32.2. The second-order valence-corrected chi connectivity index (χ2v) is 11.6. The van der Waals surface area contributed by atoms with Gasteiger partial charge in [-0.2, -0.15) is 0 Å². The van der Waals surface area contributed by atoms with E-state index < -0.39 is 21.3 Å². The van der Waals surface area contributed by atoms with Crippen LogP contribution in [0.4, 0.5) is 20.7 Å². The molecule has 1 amide bonds. The molecular formula is C23H29FN4O5S. The van der Waals surface area contributed by atoms with Crippen LogP contribution in [0.3, 0.4) is 0 Å². The number of fused-ring (bicyclic) bond motifs is 1. The molecule has 2 aliphatic heterocycles. The van der Waals surface area contributed by atoms with Gasteiger partial charge in [-0.25, -0.2) is 27.6 Å². The summed E-state index contributed by atoms with van der Waals surface area (Å²) in [5, 5.41) is 0. The first-order chi connectivity index (χ1) is 15.9. The molecular weight excluding hydrogens is 463 g/mol. The van der Waals surface area contributed by atoms with Crippen LogP contribution in [0.25, 0.3) is 0 Å². The SMILES string of the molecule is CC(C)(C)OC(=O)N1CCC(Oc2ncnc3c2CCN3c2ccc(S(C)(=O)=O)cc2F)CC1. The summed E-state index contributed by atoms with van der Waals surface area (Å²) in [6.07, 6.45) is 3.83. The number of carbonyl (C=O) groups is 1. The number of ether oxygens (including phenoxy) is 2. The number of amides is 1. The van der Waals surface area contributed by atoms with Gasteiger partial charge in [0.15, 0.2) is 9.84 Å². The highest BCUT2D eigenvalue weighted by Crippen LogP contribution is 2.38. The lowest BCUT2D eigenvalue weighted by Gasteiger charge is -2.33. The molecule has 0 radical (unpaired) electrons. The Hall–Kier alpha value is -2.95. The van der Waals surface area contributed by atoms with E-state index in [0.717, 1.165) is 17.9 Å². The molecule has 4 rings (SSSR count). The molecule has 0 bridgehead atoms. The lowest BCUT2D eigenvalue weighted by Crippen LogP contribution is -2.44. The third-order valence-electron chi connectivity index (χ3n) is 5.73. The Morgan fingerprint density at radius 3 is 2.47 bits per heavy atom. The number of aromatic nitrogens is 2. The number of likely N-dealkylation sites (tertiary alicyclic amines) is 1. The third kappa shape index (κ3) is 5.24. The average Bonchev–Trinajstić information content (AvgIpc) is 3.17. The molecule has 0 aliphatic carbocycles. The fraction of sp³-hybridized carbons (Fsp3) is 0.522. The topological polar surface area (TPSA) is 102 Å². The number of sulfone groups is 1. The largest absolute Gasteiger partial charge is 0.474 e. The second kappa shape index (κ2) is 9.01. The quantitative estimate of drug-likeness (QED) is 0.639. The minimum Gasteiger partial charge on any atom is -0.474 e. The van der Waals surface area contributed by atoms with Gasteiger partial charge in [-0.1, -0.05) is 0 Å². The van der Waals surface area contributed by atoms with Gasteiger partial charge in [0.2, 0.25) is 5.88 Å². The fourth-order valence-electron chi connectivity index (χ4n) is 4.08. The van der Waals surface area contributed by atoms with Crippen molar-refractivity contribution < 1.29 is 27.1 Å². The van der Waals surface area contributed by atoms with E-state index in [1.807, 2.05) is 20.8 Å². The Morgan fingerprint density at radius 1 is 1.15 bits per heavy atom. The van der Waals surface area contributed by atoms with E-state index in [1.54, 1.807) is 9.80 Å². The minimum absolute atomic E-state index is 0.0717. The van der Waals surface area contributed by atoms with Crippen molar-refractivity contribution in [2.75, 3.05) is 30.8 Å². The number of benzene rings is 1. The maximum Gasteiger partial charge on any atom is 0.410 e. The molecule has 3 heterocycles. The number of halogens is 1. The fourth-order valence-corrected chi connectivity index (χ4v) is 4.71. The molecule has 1 aromatic carbocycles. The molecule has 2 aliphatic rings. The first-order valence-corrected chi connectivity index (χ1v) is 13.1. The Morgan fingerprint density at radius 2 is 1.85 bits per heavy atom. The molecule has 0 atom stereocenters. The van der Waals surface area contributed by atoms with Crippen molar-refractivity contribution >= 4 is 27.4 Å². The molecule has 2 aromatic rings. The van der Waals surface area contributed by atoms with Crippen LogP contribution in [0.15, 0.2) is 29.4 Å². The van der Waals surface area contributed by atoms with Crippen molar-refractivity contribution in [2.45, 2.75) is 56.6 Å². The summed E-state index contributed by atoms with van der Waals surface area (Å²) in [6.45, 7) is 7.04. The molecule has 184 valence electrons. The predicted octanol–water partition coefficient (Wildman–Crippen LogP) is 3.49. The number of piperidine rings is 1. The number of hydrogen-bond donors (Lipinski definition) is 0. The van der Waals surface area contributed by atoms with E-state index in [4.69, 9.17) is 9.47 Å². The van der Waals surface area contributed by atoms with Crippen molar-refractivity contribution in [3.63, 3.8) is 0 Å². The number of hydrogen-bond acceptors (Lipinski definition) is 8. The lowest BCUT2D eigenvalue weighted by molar-refractivity contribution is 0.0122. The third-order valence-corrected chi connectivity index (χ3v) is 6.84. The van der Waals surface area contributed by atoms with Gasteiger partial charge in [0.05, 0.1) is 16.1 Å². The summed E-state index contributed by atoms with van der Waals surface area (Å²) >= 11 is 0. The molecule has 9 nitrogen and oxygen atoms in total. The predicted molar refractivity (Wildman–Crippen MR) is 124 cm³/mol. The Bertz CT molecular complexity index is 1190. The highest BCUT2D eigenvalue weighted by molar-refractivity contribution is 7.90. The molecule has 1 aromatic heterocycles. The summed E-state index contributed by atoms with van der Waals surface area (Å²) in [4.78, 5) is 24.2. The van der Waals surface area contributed by atoms with Gasteiger partial charge in [0.25, 0.3) is 0 Å². The van der Waals surface area contributed by atoms with Crippen LogP contribution in [-0.2, 0) is 21.0 Å². The van der Waals surface area contributed by atoms with E-state index in [1.165, 1.54) is 18.5 Å². The van der Waals surface area contributed by atoms with E-state index in [2.05, 4.69) is 9.97 Å². The maximum absolute atomic E-state index is 14.8. The Kier molecular flexibility index (Phi) is 6.41. The molecule has 0 saturated carbocycles. The first-order valence-electron chi connectivity index (χ1n) is 11.2. The lowest BCUT2D eigenvalue weighted by atomic mass is 10.1. The highest BCUT2D eigenvalue weighted by Gasteiger charge is 2.31. The Balaban J connectivity index is 1.45. The first kappa shape index (κ1) is 24.2. The van der Waals surface area contributed by atoms with Crippen molar-refractivity contribution in [1.82, 2.24) is 14.9 Å². The minimum atomic E-state index is -3.50. The molecule has 0 spiro atoms. The monoisotopic (exact) mass is 492 g/mol. The van der Waals surface area contributed by atoms with Crippen LogP contribution in [0.1, 0.15) is 39.2 Å². The van der Waals surface area contributed by atoms with Crippen LogP contribution >= 0.6 is 0 Å². The van der Waals surface area contributed by atoms with Crippen LogP contribution in [0, 0.1) is 5.82 Å².